The molecule has 0 bridgehead atoms. The summed E-state index contributed by atoms with van der Waals surface area (Å²) in [4.78, 5) is 29.1. The van der Waals surface area contributed by atoms with Gasteiger partial charge in [0.15, 0.2) is 0 Å². The lowest BCUT2D eigenvalue weighted by molar-refractivity contribution is -0.122. The van der Waals surface area contributed by atoms with E-state index >= 15 is 0 Å². The van der Waals surface area contributed by atoms with Crippen molar-refractivity contribution in [2.75, 3.05) is 24.7 Å². The number of methoxy groups -OCH3 is 1. The molecule has 8 nitrogen and oxygen atoms in total. The van der Waals surface area contributed by atoms with Crippen molar-refractivity contribution < 1.29 is 14.3 Å². The second-order valence-corrected chi connectivity index (χ2v) is 8.53. The lowest BCUT2D eigenvalue weighted by atomic mass is 10.2. The van der Waals surface area contributed by atoms with Crippen LogP contribution in [-0.2, 0) is 9.59 Å². The molecule has 2 N–H and O–H groups in total. The summed E-state index contributed by atoms with van der Waals surface area (Å²) in [6, 6.07) is 15.4. The Morgan fingerprint density at radius 2 is 1.94 bits per heavy atom. The number of para-hydroxylation sites is 1. The minimum absolute atomic E-state index is 0.129. The van der Waals surface area contributed by atoms with Gasteiger partial charge in [-0.05, 0) is 49.6 Å². The largest absolute Gasteiger partial charge is 0.495 e. The fraction of sp³-hybridized carbons (Fsp3) is 0.304. The smallest absolute Gasteiger partial charge is 0.243 e. The highest BCUT2D eigenvalue weighted by Crippen LogP contribution is 2.40. The molecule has 0 spiro atoms. The van der Waals surface area contributed by atoms with Gasteiger partial charge in [-0.1, -0.05) is 36.0 Å². The van der Waals surface area contributed by atoms with Crippen LogP contribution in [0.5, 0.6) is 5.75 Å². The fourth-order valence-electron chi connectivity index (χ4n) is 3.20. The van der Waals surface area contributed by atoms with Gasteiger partial charge in [0, 0.05) is 5.92 Å². The van der Waals surface area contributed by atoms with Crippen LogP contribution in [0.3, 0.4) is 0 Å². The van der Waals surface area contributed by atoms with Gasteiger partial charge in [0.2, 0.25) is 17.0 Å². The van der Waals surface area contributed by atoms with Gasteiger partial charge in [-0.25, -0.2) is 9.67 Å². The third-order valence-corrected chi connectivity index (χ3v) is 5.80. The van der Waals surface area contributed by atoms with Crippen LogP contribution in [0.25, 0.3) is 5.69 Å². The van der Waals surface area contributed by atoms with Crippen LogP contribution in [0.4, 0.5) is 5.69 Å². The summed E-state index contributed by atoms with van der Waals surface area (Å²) in [5, 5.41) is 10.5. The molecular formula is C23H25N5O3S. The summed E-state index contributed by atoms with van der Waals surface area (Å²) in [5.74, 6) is 1.47. The first kappa shape index (κ1) is 21.9. The normalized spacial score (nSPS) is 12.9. The molecule has 1 aliphatic rings. The third kappa shape index (κ3) is 5.47. The standard InChI is InChI=1S/C23H25N5O3S/c1-15-8-11-19(31-2)18(12-15)25-20(29)13-24-21(30)14-32-23-26-22(16-9-10-16)28(27-23)17-6-4-3-5-7-17/h3-8,11-12,16H,9-10,13-14H2,1-2H3,(H,24,30)(H,25,29). The van der Waals surface area contributed by atoms with Gasteiger partial charge in [0.1, 0.15) is 11.6 Å². The maximum atomic E-state index is 12.3. The zero-order chi connectivity index (χ0) is 22.5. The maximum Gasteiger partial charge on any atom is 0.243 e. The van der Waals surface area contributed by atoms with Gasteiger partial charge in [-0.2, -0.15) is 0 Å². The number of aromatic nitrogens is 3. The Morgan fingerprint density at radius 3 is 2.66 bits per heavy atom. The van der Waals surface area contributed by atoms with E-state index in [1.54, 1.807) is 13.2 Å². The number of nitrogens with one attached hydrogen (secondary N) is 2. The third-order valence-electron chi connectivity index (χ3n) is 4.96. The topological polar surface area (TPSA) is 98.1 Å². The summed E-state index contributed by atoms with van der Waals surface area (Å²) in [6.45, 7) is 1.80. The number of ether oxygens (including phenoxy) is 1. The second-order valence-electron chi connectivity index (χ2n) is 7.59. The lowest BCUT2D eigenvalue weighted by Crippen LogP contribution is -2.34. The zero-order valence-electron chi connectivity index (χ0n) is 18.0. The predicted octanol–water partition coefficient (Wildman–Crippen LogP) is 3.31. The van der Waals surface area contributed by atoms with E-state index in [0.717, 1.165) is 29.9 Å². The van der Waals surface area contributed by atoms with Crippen LogP contribution < -0.4 is 15.4 Å². The van der Waals surface area contributed by atoms with Crippen LogP contribution in [-0.4, -0.2) is 46.0 Å². The Kier molecular flexibility index (Phi) is 6.75. The molecule has 1 aliphatic carbocycles. The summed E-state index contributed by atoms with van der Waals surface area (Å²) in [7, 11) is 1.54. The predicted molar refractivity (Wildman–Crippen MR) is 123 cm³/mol. The molecule has 0 aliphatic heterocycles. The Balaban J connectivity index is 1.30. The molecule has 3 aromatic rings. The van der Waals surface area contributed by atoms with Gasteiger partial charge in [-0.15, -0.1) is 5.10 Å². The van der Waals surface area contributed by atoms with Crippen molar-refractivity contribution in [3.63, 3.8) is 0 Å². The number of hydrogen-bond acceptors (Lipinski definition) is 6. The van der Waals surface area contributed by atoms with Crippen molar-refractivity contribution in [3.05, 3.63) is 59.9 Å². The molecule has 4 rings (SSSR count). The van der Waals surface area contributed by atoms with Crippen LogP contribution in [0.2, 0.25) is 0 Å². The first-order valence-corrected chi connectivity index (χ1v) is 11.4. The van der Waals surface area contributed by atoms with Crippen molar-refractivity contribution in [3.8, 4) is 11.4 Å². The van der Waals surface area contributed by atoms with Gasteiger partial charge >= 0.3 is 0 Å². The average Bonchev–Trinajstić information content (AvgIpc) is 3.56. The van der Waals surface area contributed by atoms with Crippen molar-refractivity contribution >= 4 is 29.3 Å². The van der Waals surface area contributed by atoms with Gasteiger partial charge in [0.05, 0.1) is 30.8 Å². The number of benzene rings is 2. The second kappa shape index (κ2) is 9.86. The minimum atomic E-state index is -0.324. The summed E-state index contributed by atoms with van der Waals surface area (Å²) >= 11 is 1.26. The maximum absolute atomic E-state index is 12.3. The van der Waals surface area contributed by atoms with Gasteiger partial charge in [-0.3, -0.25) is 9.59 Å². The lowest BCUT2D eigenvalue weighted by Gasteiger charge is -2.11. The number of carbonyl (C=O) groups excluding carboxylic acids is 2. The van der Waals surface area contributed by atoms with Crippen LogP contribution in [0, 0.1) is 6.92 Å². The fourth-order valence-corrected chi connectivity index (χ4v) is 3.86. The van der Waals surface area contributed by atoms with E-state index in [9.17, 15) is 9.59 Å². The molecule has 1 heterocycles. The van der Waals surface area contributed by atoms with E-state index in [0.29, 0.717) is 22.5 Å². The number of carbonyl (C=O) groups is 2. The van der Waals surface area contributed by atoms with Crippen LogP contribution in [0.15, 0.2) is 53.7 Å². The molecular weight excluding hydrogens is 426 g/mol. The van der Waals surface area contributed by atoms with Crippen molar-refractivity contribution in [2.24, 2.45) is 0 Å². The first-order valence-electron chi connectivity index (χ1n) is 10.4. The molecule has 1 fully saturated rings. The highest BCUT2D eigenvalue weighted by molar-refractivity contribution is 7.99. The Hall–Kier alpha value is -3.33. The number of rotatable bonds is 9. The number of hydrogen-bond donors (Lipinski definition) is 2. The average molecular weight is 452 g/mol. The van der Waals surface area contributed by atoms with E-state index in [1.165, 1.54) is 11.8 Å². The molecule has 2 aromatic carbocycles. The van der Waals surface area contributed by atoms with Crippen LogP contribution >= 0.6 is 11.8 Å². The highest BCUT2D eigenvalue weighted by Gasteiger charge is 2.30. The van der Waals surface area contributed by atoms with E-state index in [2.05, 4.69) is 20.7 Å². The molecule has 0 saturated heterocycles. The Labute approximate surface area is 190 Å². The number of amides is 2. The Morgan fingerprint density at radius 1 is 1.16 bits per heavy atom. The summed E-state index contributed by atoms with van der Waals surface area (Å²) in [6.07, 6.45) is 2.22. The SMILES string of the molecule is COc1ccc(C)cc1NC(=O)CNC(=O)CSc1nc(C2CC2)n(-c2ccccc2)n1. The molecule has 0 unspecified atom stereocenters. The monoisotopic (exact) mass is 451 g/mol. The first-order chi connectivity index (χ1) is 15.5. The molecule has 1 aromatic heterocycles. The van der Waals surface area contributed by atoms with E-state index in [1.807, 2.05) is 54.1 Å². The Bertz CT molecular complexity index is 1110. The molecule has 1 saturated carbocycles. The minimum Gasteiger partial charge on any atom is -0.495 e. The van der Waals surface area contributed by atoms with E-state index in [4.69, 9.17) is 4.74 Å². The van der Waals surface area contributed by atoms with Crippen molar-refractivity contribution in [1.29, 1.82) is 0 Å². The van der Waals surface area contributed by atoms with Gasteiger partial charge < -0.3 is 15.4 Å². The number of thioether (sulfide) groups is 1. The molecule has 166 valence electrons. The quantitative estimate of drug-likeness (QED) is 0.485. The number of anilines is 1. The number of nitrogens with zero attached hydrogens (tertiary/aromatic N) is 3. The zero-order valence-corrected chi connectivity index (χ0v) is 18.8. The van der Waals surface area contributed by atoms with E-state index in [-0.39, 0.29) is 24.1 Å². The van der Waals surface area contributed by atoms with Crippen molar-refractivity contribution in [2.45, 2.75) is 30.8 Å². The van der Waals surface area contributed by atoms with Crippen molar-refractivity contribution in [1.82, 2.24) is 20.1 Å². The molecule has 32 heavy (non-hydrogen) atoms. The number of aryl methyl sites for hydroxylation is 1. The van der Waals surface area contributed by atoms with E-state index < -0.39 is 0 Å². The molecule has 0 radical (unpaired) electrons. The molecule has 9 heteroatoms. The van der Waals surface area contributed by atoms with Crippen LogP contribution in [0.1, 0.15) is 30.1 Å². The summed E-state index contributed by atoms with van der Waals surface area (Å²) in [5.41, 5.74) is 2.53. The van der Waals surface area contributed by atoms with Gasteiger partial charge in [0.25, 0.3) is 0 Å². The highest BCUT2D eigenvalue weighted by atomic mass is 32.2. The molecule has 2 amide bonds. The molecule has 0 atom stereocenters. The summed E-state index contributed by atoms with van der Waals surface area (Å²) < 4.78 is 7.12.